The molecule has 1 aliphatic heterocycles. The Morgan fingerprint density at radius 2 is 2.00 bits per heavy atom. The van der Waals surface area contributed by atoms with Crippen molar-refractivity contribution in [3.05, 3.63) is 53.1 Å². The summed E-state index contributed by atoms with van der Waals surface area (Å²) in [6.45, 7) is 7.32. The summed E-state index contributed by atoms with van der Waals surface area (Å²) < 4.78 is 11.1. The predicted octanol–water partition coefficient (Wildman–Crippen LogP) is 3.89. The summed E-state index contributed by atoms with van der Waals surface area (Å²) in [4.78, 5) is 26.7. The van der Waals surface area contributed by atoms with Crippen LogP contribution in [-0.4, -0.2) is 43.1 Å². The molecular weight excluding hydrogens is 394 g/mol. The number of hydrogen-bond donors (Lipinski definition) is 2. The molecule has 31 heavy (non-hydrogen) atoms. The molecule has 0 aromatic heterocycles. The topological polar surface area (TPSA) is 79.9 Å². The van der Waals surface area contributed by atoms with E-state index in [1.807, 2.05) is 57.2 Å². The maximum atomic E-state index is 12.5. The van der Waals surface area contributed by atoms with Gasteiger partial charge in [-0.05, 0) is 56.5 Å². The minimum Gasteiger partial charge on any atom is -0.495 e. The van der Waals surface area contributed by atoms with Gasteiger partial charge < -0.3 is 25.0 Å². The Morgan fingerprint density at radius 3 is 2.74 bits per heavy atom. The second-order valence-corrected chi connectivity index (χ2v) is 8.07. The highest BCUT2D eigenvalue weighted by atomic mass is 16.5. The molecule has 0 saturated heterocycles. The number of carbonyl (C=O) groups is 2. The van der Waals surface area contributed by atoms with Gasteiger partial charge in [-0.15, -0.1) is 0 Å². The van der Waals surface area contributed by atoms with Crippen molar-refractivity contribution in [2.75, 3.05) is 25.6 Å². The molecule has 7 heteroatoms. The van der Waals surface area contributed by atoms with Crippen LogP contribution >= 0.6 is 0 Å². The standard InChI is InChI=1S/C24H31N3O4/c1-16(2)25-24(29)27-11-12-31-21-9-6-18(14-19(21)15-27)7-10-23(28)26-20-13-17(3)5-8-22(20)30-4/h5-6,8-9,13-14,16H,7,10-12,15H2,1-4H3,(H,25,29)(H,26,28). The van der Waals surface area contributed by atoms with E-state index in [0.29, 0.717) is 44.0 Å². The Morgan fingerprint density at radius 1 is 1.19 bits per heavy atom. The highest BCUT2D eigenvalue weighted by Gasteiger charge is 2.20. The molecule has 166 valence electrons. The van der Waals surface area contributed by atoms with Gasteiger partial charge in [0.15, 0.2) is 0 Å². The van der Waals surface area contributed by atoms with Crippen molar-refractivity contribution in [3.63, 3.8) is 0 Å². The van der Waals surface area contributed by atoms with Crippen LogP contribution < -0.4 is 20.1 Å². The molecule has 3 rings (SSSR count). The number of rotatable bonds is 6. The zero-order valence-corrected chi connectivity index (χ0v) is 18.7. The van der Waals surface area contributed by atoms with Gasteiger partial charge >= 0.3 is 6.03 Å². The van der Waals surface area contributed by atoms with Crippen molar-refractivity contribution in [2.24, 2.45) is 0 Å². The summed E-state index contributed by atoms with van der Waals surface area (Å²) in [6, 6.07) is 11.6. The quantitative estimate of drug-likeness (QED) is 0.736. The molecule has 2 N–H and O–H groups in total. The molecule has 0 saturated carbocycles. The molecular formula is C24H31N3O4. The van der Waals surface area contributed by atoms with Gasteiger partial charge in [0.1, 0.15) is 18.1 Å². The number of aryl methyl sites for hydroxylation is 2. The first-order valence-corrected chi connectivity index (χ1v) is 10.6. The smallest absolute Gasteiger partial charge is 0.318 e. The first kappa shape index (κ1) is 22.5. The highest BCUT2D eigenvalue weighted by Crippen LogP contribution is 2.27. The van der Waals surface area contributed by atoms with Gasteiger partial charge in [0.05, 0.1) is 25.9 Å². The molecule has 1 aliphatic rings. The van der Waals surface area contributed by atoms with Crippen molar-refractivity contribution in [1.29, 1.82) is 0 Å². The fourth-order valence-electron chi connectivity index (χ4n) is 3.50. The third-order valence-corrected chi connectivity index (χ3v) is 5.07. The van der Waals surface area contributed by atoms with Crippen LogP contribution in [0, 0.1) is 6.92 Å². The van der Waals surface area contributed by atoms with E-state index in [1.165, 1.54) is 0 Å². The van der Waals surface area contributed by atoms with Gasteiger partial charge in [0.2, 0.25) is 5.91 Å². The molecule has 7 nitrogen and oxygen atoms in total. The molecule has 0 atom stereocenters. The average Bonchev–Trinajstić information content (AvgIpc) is 2.94. The van der Waals surface area contributed by atoms with E-state index in [2.05, 4.69) is 10.6 Å². The number of fused-ring (bicyclic) bond motifs is 1. The third kappa shape index (κ3) is 6.13. The zero-order valence-electron chi connectivity index (χ0n) is 18.7. The van der Waals surface area contributed by atoms with Crippen LogP contribution in [0.4, 0.5) is 10.5 Å². The van der Waals surface area contributed by atoms with Crippen LogP contribution in [0.15, 0.2) is 36.4 Å². The van der Waals surface area contributed by atoms with E-state index in [9.17, 15) is 9.59 Å². The summed E-state index contributed by atoms with van der Waals surface area (Å²) in [7, 11) is 1.59. The lowest BCUT2D eigenvalue weighted by Gasteiger charge is -2.22. The first-order chi connectivity index (χ1) is 14.9. The predicted molar refractivity (Wildman–Crippen MR) is 121 cm³/mol. The molecule has 0 unspecified atom stereocenters. The average molecular weight is 426 g/mol. The number of amides is 3. The van der Waals surface area contributed by atoms with Crippen LogP contribution in [0.25, 0.3) is 0 Å². The van der Waals surface area contributed by atoms with E-state index in [-0.39, 0.29) is 18.0 Å². The number of nitrogens with zero attached hydrogens (tertiary/aromatic N) is 1. The molecule has 0 aliphatic carbocycles. The molecule has 0 radical (unpaired) electrons. The van der Waals surface area contributed by atoms with Gasteiger partial charge in [-0.2, -0.15) is 0 Å². The summed E-state index contributed by atoms with van der Waals surface area (Å²) in [6.07, 6.45) is 0.930. The van der Waals surface area contributed by atoms with Crippen molar-refractivity contribution in [3.8, 4) is 11.5 Å². The van der Waals surface area contributed by atoms with Crippen LogP contribution in [0.3, 0.4) is 0 Å². The van der Waals surface area contributed by atoms with Gasteiger partial charge in [-0.1, -0.05) is 18.2 Å². The third-order valence-electron chi connectivity index (χ3n) is 5.07. The van der Waals surface area contributed by atoms with Gasteiger partial charge in [-0.3, -0.25) is 4.79 Å². The zero-order chi connectivity index (χ0) is 22.4. The SMILES string of the molecule is COc1ccc(C)cc1NC(=O)CCc1ccc2c(c1)CN(C(=O)NC(C)C)CCO2. The number of urea groups is 1. The van der Waals surface area contributed by atoms with Crippen molar-refractivity contribution in [1.82, 2.24) is 10.2 Å². The minimum absolute atomic E-state index is 0.0759. The number of methoxy groups -OCH3 is 1. The van der Waals surface area contributed by atoms with Crippen LogP contribution in [-0.2, 0) is 17.8 Å². The highest BCUT2D eigenvalue weighted by molar-refractivity contribution is 5.92. The minimum atomic E-state index is -0.0941. The van der Waals surface area contributed by atoms with Gasteiger partial charge in [0, 0.05) is 18.0 Å². The van der Waals surface area contributed by atoms with Gasteiger partial charge in [0.25, 0.3) is 0 Å². The maximum Gasteiger partial charge on any atom is 0.318 e. The van der Waals surface area contributed by atoms with E-state index >= 15 is 0 Å². The second kappa shape index (κ2) is 10.2. The molecule has 2 aromatic rings. The Hall–Kier alpha value is -3.22. The van der Waals surface area contributed by atoms with Gasteiger partial charge in [-0.25, -0.2) is 4.79 Å². The largest absolute Gasteiger partial charge is 0.495 e. The van der Waals surface area contributed by atoms with Crippen LogP contribution in [0.5, 0.6) is 11.5 Å². The normalized spacial score (nSPS) is 13.1. The molecule has 1 heterocycles. The van der Waals surface area contributed by atoms with E-state index in [0.717, 1.165) is 22.4 Å². The van der Waals surface area contributed by atoms with E-state index < -0.39 is 0 Å². The fraction of sp³-hybridized carbons (Fsp3) is 0.417. The number of hydrogen-bond acceptors (Lipinski definition) is 4. The summed E-state index contributed by atoms with van der Waals surface area (Å²) in [5, 5.41) is 5.87. The fourth-order valence-corrected chi connectivity index (χ4v) is 3.50. The Kier molecular flexibility index (Phi) is 7.39. The molecule has 0 fully saturated rings. The first-order valence-electron chi connectivity index (χ1n) is 10.6. The molecule has 2 aromatic carbocycles. The molecule has 0 spiro atoms. The molecule has 0 bridgehead atoms. The second-order valence-electron chi connectivity index (χ2n) is 8.07. The Labute approximate surface area is 183 Å². The number of nitrogens with one attached hydrogen (secondary N) is 2. The monoisotopic (exact) mass is 425 g/mol. The summed E-state index contributed by atoms with van der Waals surface area (Å²) in [5.74, 6) is 1.35. The van der Waals surface area contributed by atoms with Crippen molar-refractivity contribution < 1.29 is 19.1 Å². The molecule has 3 amide bonds. The van der Waals surface area contributed by atoms with E-state index in [4.69, 9.17) is 9.47 Å². The summed E-state index contributed by atoms with van der Waals surface area (Å²) in [5.41, 5.74) is 3.71. The number of ether oxygens (including phenoxy) is 2. The summed E-state index contributed by atoms with van der Waals surface area (Å²) >= 11 is 0. The number of carbonyl (C=O) groups excluding carboxylic acids is 2. The van der Waals surface area contributed by atoms with Crippen molar-refractivity contribution >= 4 is 17.6 Å². The number of anilines is 1. The Bertz CT molecular complexity index is 942. The lowest BCUT2D eigenvalue weighted by molar-refractivity contribution is -0.116. The van der Waals surface area contributed by atoms with Crippen molar-refractivity contribution in [2.45, 2.75) is 46.2 Å². The van der Waals surface area contributed by atoms with Crippen LogP contribution in [0.1, 0.15) is 37.0 Å². The maximum absolute atomic E-state index is 12.5. The lowest BCUT2D eigenvalue weighted by Crippen LogP contribution is -2.43. The lowest BCUT2D eigenvalue weighted by atomic mass is 10.0. The number of benzene rings is 2. The Balaban J connectivity index is 1.63. The van der Waals surface area contributed by atoms with E-state index in [1.54, 1.807) is 12.0 Å². The van der Waals surface area contributed by atoms with Crippen LogP contribution in [0.2, 0.25) is 0 Å².